The lowest BCUT2D eigenvalue weighted by molar-refractivity contribution is -0.122. The van der Waals surface area contributed by atoms with E-state index in [2.05, 4.69) is 0 Å². The summed E-state index contributed by atoms with van der Waals surface area (Å²) in [6.07, 6.45) is 2.06. The highest BCUT2D eigenvalue weighted by Crippen LogP contribution is 2.39. The maximum atomic E-state index is 13.5. The van der Waals surface area contributed by atoms with Crippen molar-refractivity contribution in [2.75, 3.05) is 23.5 Å². The predicted molar refractivity (Wildman–Crippen MR) is 114 cm³/mol. The van der Waals surface area contributed by atoms with E-state index in [1.54, 1.807) is 27.9 Å². The number of rotatable bonds is 5. The number of benzene rings is 1. The molecule has 2 atom stereocenters. The van der Waals surface area contributed by atoms with Crippen molar-refractivity contribution < 1.29 is 13.8 Å². The molecule has 9 heteroatoms. The first kappa shape index (κ1) is 19.2. The van der Waals surface area contributed by atoms with Gasteiger partial charge in [-0.2, -0.15) is 0 Å². The third kappa shape index (κ3) is 3.25. The van der Waals surface area contributed by atoms with Crippen molar-refractivity contribution in [3.8, 4) is 0 Å². The molecule has 1 aliphatic heterocycles. The minimum Gasteiger partial charge on any atom is -0.364 e. The van der Waals surface area contributed by atoms with Crippen LogP contribution in [0, 0.1) is 0 Å². The Morgan fingerprint density at radius 2 is 2.11 bits per heavy atom. The number of hydrogen-bond acceptors (Lipinski definition) is 4. The molecule has 0 aliphatic carbocycles. The number of nitrogens with zero attached hydrogens (tertiary/aromatic N) is 2. The van der Waals surface area contributed by atoms with Crippen LogP contribution in [0.3, 0.4) is 0 Å². The number of para-hydroxylation sites is 1. The van der Waals surface area contributed by atoms with Gasteiger partial charge in [-0.05, 0) is 23.8 Å². The van der Waals surface area contributed by atoms with Crippen molar-refractivity contribution in [1.29, 1.82) is 0 Å². The minimum absolute atomic E-state index is 0.145. The average molecular weight is 436 g/mol. The number of halogens is 1. The van der Waals surface area contributed by atoms with E-state index in [9.17, 15) is 13.8 Å². The van der Waals surface area contributed by atoms with Gasteiger partial charge in [0.25, 0.3) is 5.91 Å². The van der Waals surface area contributed by atoms with Gasteiger partial charge in [-0.1, -0.05) is 29.8 Å². The summed E-state index contributed by atoms with van der Waals surface area (Å²) in [6.45, 7) is 0.344. The number of aromatic nitrogens is 1. The van der Waals surface area contributed by atoms with Crippen LogP contribution in [-0.2, 0) is 22.0 Å². The Labute approximate surface area is 173 Å². The molecule has 0 saturated heterocycles. The topological polar surface area (TPSA) is 85.4 Å². The Morgan fingerprint density at radius 1 is 1.36 bits per heavy atom. The first-order chi connectivity index (χ1) is 13.4. The van der Waals surface area contributed by atoms with Crippen LogP contribution in [0.15, 0.2) is 36.4 Å². The van der Waals surface area contributed by atoms with Gasteiger partial charge < -0.3 is 15.2 Å². The smallest absolute Gasteiger partial charge is 0.265 e. The van der Waals surface area contributed by atoms with Gasteiger partial charge in [-0.15, -0.1) is 11.3 Å². The van der Waals surface area contributed by atoms with Crippen LogP contribution in [0.2, 0.25) is 4.34 Å². The lowest BCUT2D eigenvalue weighted by atomic mass is 9.96. The first-order valence-corrected chi connectivity index (χ1v) is 11.6. The van der Waals surface area contributed by atoms with Gasteiger partial charge in [0.2, 0.25) is 5.91 Å². The fourth-order valence-corrected chi connectivity index (χ4v) is 5.38. The van der Waals surface area contributed by atoms with Gasteiger partial charge in [-0.3, -0.25) is 13.8 Å². The van der Waals surface area contributed by atoms with Crippen molar-refractivity contribution >= 4 is 61.5 Å². The molecule has 2 aromatic heterocycles. The van der Waals surface area contributed by atoms with E-state index in [4.69, 9.17) is 17.3 Å². The van der Waals surface area contributed by atoms with Crippen LogP contribution in [0.25, 0.3) is 10.2 Å². The Balaban J connectivity index is 1.86. The van der Waals surface area contributed by atoms with Gasteiger partial charge in [-0.25, -0.2) is 0 Å². The molecule has 146 valence electrons. The molecular formula is C19H18ClN3O3S2. The molecule has 0 saturated carbocycles. The monoisotopic (exact) mass is 435 g/mol. The van der Waals surface area contributed by atoms with Crippen LogP contribution >= 0.6 is 22.9 Å². The molecule has 3 aromatic rings. The number of primary amides is 1. The highest BCUT2D eigenvalue weighted by molar-refractivity contribution is 7.84. The van der Waals surface area contributed by atoms with E-state index < -0.39 is 22.7 Å². The molecule has 0 spiro atoms. The molecule has 0 fully saturated rings. The summed E-state index contributed by atoms with van der Waals surface area (Å²) in [5.74, 6) is -0.359. The summed E-state index contributed by atoms with van der Waals surface area (Å²) >= 11 is 7.47. The zero-order valence-corrected chi connectivity index (χ0v) is 17.4. The quantitative estimate of drug-likeness (QED) is 0.668. The lowest BCUT2D eigenvalue weighted by Gasteiger charge is -2.35. The standard InChI is InChI=1S/C19H18ClN3O3S2/c1-28(26)7-6-22-13-5-3-2-4-11(13)8-15(18(22)25)23-14(17(21)24)9-12-10-16(20)27-19(12)23/h2-5,9-10,15H,6-8H2,1H3,(H2,21,24). The zero-order valence-electron chi connectivity index (χ0n) is 15.1. The molecule has 4 rings (SSSR count). The summed E-state index contributed by atoms with van der Waals surface area (Å²) in [4.78, 5) is 27.9. The molecule has 2 N–H and O–H groups in total. The van der Waals surface area contributed by atoms with Crippen LogP contribution in [0.1, 0.15) is 22.1 Å². The highest BCUT2D eigenvalue weighted by atomic mass is 35.5. The summed E-state index contributed by atoms with van der Waals surface area (Å²) in [7, 11) is -1.03. The Kier molecular flexibility index (Phi) is 5.03. The van der Waals surface area contributed by atoms with E-state index in [1.165, 1.54) is 11.3 Å². The van der Waals surface area contributed by atoms with Crippen LogP contribution in [-0.4, -0.2) is 39.1 Å². The molecule has 0 bridgehead atoms. The van der Waals surface area contributed by atoms with Gasteiger partial charge >= 0.3 is 0 Å². The molecule has 1 aromatic carbocycles. The second-order valence-corrected chi connectivity index (χ2v) is 9.91. The minimum atomic E-state index is -1.03. The second-order valence-electron chi connectivity index (χ2n) is 6.69. The largest absolute Gasteiger partial charge is 0.364 e. The number of thiophene rings is 1. The van der Waals surface area contributed by atoms with Gasteiger partial charge in [0.05, 0.1) is 4.34 Å². The lowest BCUT2D eigenvalue weighted by Crippen LogP contribution is -2.44. The van der Waals surface area contributed by atoms with Crippen molar-refractivity contribution in [3.63, 3.8) is 0 Å². The van der Waals surface area contributed by atoms with Crippen molar-refractivity contribution in [3.05, 3.63) is 52.0 Å². The number of hydrogen-bond donors (Lipinski definition) is 1. The van der Waals surface area contributed by atoms with E-state index in [0.717, 1.165) is 21.5 Å². The average Bonchev–Trinajstić information content (AvgIpc) is 3.16. The Hall–Kier alpha value is -2.16. The Bertz CT molecular complexity index is 1120. The second kappa shape index (κ2) is 7.35. The van der Waals surface area contributed by atoms with E-state index in [-0.39, 0.29) is 11.6 Å². The van der Waals surface area contributed by atoms with Crippen molar-refractivity contribution in [1.82, 2.24) is 4.57 Å². The third-order valence-electron chi connectivity index (χ3n) is 4.89. The normalized spacial score (nSPS) is 17.7. The SMILES string of the molecule is CS(=O)CCN1C(=O)C(n2c(C(N)=O)cc3cc(Cl)sc32)Cc2ccccc21. The summed E-state index contributed by atoms with van der Waals surface area (Å²) in [6, 6.07) is 10.5. The molecule has 28 heavy (non-hydrogen) atoms. The van der Waals surface area contributed by atoms with Gasteiger partial charge in [0.15, 0.2) is 0 Å². The van der Waals surface area contributed by atoms with E-state index in [1.807, 2.05) is 24.3 Å². The highest BCUT2D eigenvalue weighted by Gasteiger charge is 2.36. The fourth-order valence-electron chi connectivity index (χ4n) is 3.68. The first-order valence-electron chi connectivity index (χ1n) is 8.66. The van der Waals surface area contributed by atoms with Crippen LogP contribution in [0.4, 0.5) is 5.69 Å². The summed E-state index contributed by atoms with van der Waals surface area (Å²) in [5, 5.41) is 0.789. The van der Waals surface area contributed by atoms with Crippen molar-refractivity contribution in [2.24, 2.45) is 5.73 Å². The summed E-state index contributed by atoms with van der Waals surface area (Å²) in [5.41, 5.74) is 7.71. The van der Waals surface area contributed by atoms with Crippen LogP contribution in [0.5, 0.6) is 0 Å². The molecule has 3 heterocycles. The number of carbonyl (C=O) groups excluding carboxylic acids is 2. The zero-order chi connectivity index (χ0) is 20.0. The van der Waals surface area contributed by atoms with Gasteiger partial charge in [0.1, 0.15) is 16.6 Å². The molecular weight excluding hydrogens is 418 g/mol. The third-order valence-corrected chi connectivity index (χ3v) is 6.93. The predicted octanol–water partition coefficient (Wildman–Crippen LogP) is 2.96. The summed E-state index contributed by atoms with van der Waals surface area (Å²) < 4.78 is 13.9. The number of anilines is 1. The van der Waals surface area contributed by atoms with E-state index >= 15 is 0 Å². The maximum Gasteiger partial charge on any atom is 0.265 e. The number of carbonyl (C=O) groups is 2. The Morgan fingerprint density at radius 3 is 2.82 bits per heavy atom. The molecule has 0 radical (unpaired) electrons. The van der Waals surface area contributed by atoms with Gasteiger partial charge in [0, 0.05) is 46.8 Å². The molecule has 6 nitrogen and oxygen atoms in total. The number of amides is 2. The number of fused-ring (bicyclic) bond motifs is 2. The van der Waals surface area contributed by atoms with Crippen molar-refractivity contribution in [2.45, 2.75) is 12.5 Å². The maximum absolute atomic E-state index is 13.5. The number of nitrogens with two attached hydrogens (primary N) is 1. The molecule has 2 unspecified atom stereocenters. The molecule has 2 amide bonds. The fraction of sp³-hybridized carbons (Fsp3) is 0.263. The van der Waals surface area contributed by atoms with Crippen LogP contribution < -0.4 is 10.6 Å². The van der Waals surface area contributed by atoms with E-state index in [0.29, 0.717) is 23.1 Å². The molecule has 1 aliphatic rings.